The van der Waals surface area contributed by atoms with Crippen molar-refractivity contribution in [2.24, 2.45) is 0 Å². The second-order valence-electron chi connectivity index (χ2n) is 9.86. The molecule has 23 N–H and O–H groups in total. The average molecular weight is 857 g/mol. The number of phosphoric ester groups is 2. The molecule has 35 heteroatoms. The van der Waals surface area contributed by atoms with Gasteiger partial charge < -0.3 is 79.8 Å². The average Bonchev–Trinajstić information content (AvgIpc) is 3.38. The Morgan fingerprint density at radius 1 is 0.679 bits per heavy atom. The highest BCUT2D eigenvalue weighted by molar-refractivity contribution is 7.69. The van der Waals surface area contributed by atoms with Gasteiger partial charge in [-0.25, -0.2) is 27.8 Å². The van der Waals surface area contributed by atoms with E-state index >= 15 is 0 Å². The van der Waals surface area contributed by atoms with Crippen molar-refractivity contribution in [3.8, 4) is 0 Å². The van der Waals surface area contributed by atoms with E-state index in [1.54, 1.807) is 0 Å². The molecule has 0 bridgehead atoms. The molecule has 4 rings (SSSR count). The van der Waals surface area contributed by atoms with Gasteiger partial charge >= 0.3 is 42.7 Å². The third kappa shape index (κ3) is 12.8. The fourth-order valence-electron chi connectivity index (χ4n) is 4.24. The second-order valence-corrected chi connectivity index (χ2v) is 16.1. The number of anilines is 1. The lowest BCUT2D eigenvalue weighted by molar-refractivity contribution is -0.0543. The van der Waals surface area contributed by atoms with Crippen LogP contribution in [0.5, 0.6) is 0 Å². The van der Waals surface area contributed by atoms with Crippen LogP contribution >= 0.6 is 31.3 Å². The van der Waals surface area contributed by atoms with Crippen molar-refractivity contribution in [3.05, 3.63) is 55.8 Å². The van der Waals surface area contributed by atoms with Crippen LogP contribution in [0.2, 0.25) is 0 Å². The molecule has 2 fully saturated rings. The molecule has 4 unspecified atom stereocenters. The van der Waals surface area contributed by atoms with Crippen LogP contribution in [0.25, 0.3) is 0 Å². The van der Waals surface area contributed by atoms with E-state index in [0.717, 1.165) is 24.5 Å². The number of phosphoric acid groups is 4. The zero-order valence-electron chi connectivity index (χ0n) is 26.7. The number of hydrogen-bond donors (Lipinski definition) is 14. The fourth-order valence-corrected chi connectivity index (χ4v) is 9.20. The van der Waals surface area contributed by atoms with Gasteiger partial charge in [-0.1, -0.05) is 0 Å². The number of H-pyrrole nitrogens is 1. The van der Waals surface area contributed by atoms with Gasteiger partial charge in [0.05, 0.1) is 13.2 Å². The molecule has 0 aromatic carbocycles. The largest absolute Gasteiger partial charge is 0.490 e. The number of nitrogens with zero attached hydrogens (tertiary/aromatic N) is 3. The van der Waals surface area contributed by atoms with E-state index < -0.39 is 111 Å². The van der Waals surface area contributed by atoms with Gasteiger partial charge in [0.25, 0.3) is 5.56 Å². The highest BCUT2D eigenvalue weighted by atomic mass is 31.3. The minimum atomic E-state index is -6.23. The number of aliphatic hydroxyl groups excluding tert-OH is 4. The van der Waals surface area contributed by atoms with E-state index in [1.807, 2.05) is 4.98 Å². The summed E-state index contributed by atoms with van der Waals surface area (Å²) in [6.45, 7) is -2.39. The molecule has 0 amide bonds. The number of rotatable bonds is 14. The lowest BCUT2D eigenvalue weighted by Gasteiger charge is -2.21. The zero-order chi connectivity index (χ0) is 36.7. The lowest BCUT2D eigenvalue weighted by atomic mass is 10.1. The Labute approximate surface area is 294 Å². The van der Waals surface area contributed by atoms with Crippen LogP contribution in [0, 0.1) is 0 Å². The summed E-state index contributed by atoms with van der Waals surface area (Å²) >= 11 is 0. The Balaban J connectivity index is 0.00000676. The van der Waals surface area contributed by atoms with E-state index in [4.69, 9.17) is 15.2 Å². The Morgan fingerprint density at radius 3 is 1.49 bits per heavy atom. The number of nitrogens with two attached hydrogens (primary N) is 1. The summed E-state index contributed by atoms with van der Waals surface area (Å²) in [5.41, 5.74) is 2.47. The first-order valence-electron chi connectivity index (χ1n) is 12.9. The SMILES string of the molecule is N.N.N.N.Nc1ccn([C@@H]2O[C@H](COP(=O)(O)OP(=O)(O)OP(=O)(O)OP(=O)(O)OC[C@H]3O[C@@H](n4ccc(=O)[nH]c4=O)[C@H](O)[C@@H]3O)[C@@H](O)[C@H]2O)c(=O)n1. The number of aromatic nitrogens is 4. The molecular formula is C18H39N9O22P4. The Hall–Kier alpha value is -2.48. The molecular weight excluding hydrogens is 818 g/mol. The molecule has 12 atom stereocenters. The minimum Gasteiger partial charge on any atom is -0.387 e. The van der Waals surface area contributed by atoms with Crippen LogP contribution in [0.4, 0.5) is 5.82 Å². The molecule has 0 spiro atoms. The smallest absolute Gasteiger partial charge is 0.387 e. The summed E-state index contributed by atoms with van der Waals surface area (Å²) in [5, 5.41) is 40.8. The molecule has 2 aliphatic rings. The summed E-state index contributed by atoms with van der Waals surface area (Å²) in [6, 6.07) is 2.01. The van der Waals surface area contributed by atoms with Crippen LogP contribution in [-0.2, 0) is 49.7 Å². The summed E-state index contributed by atoms with van der Waals surface area (Å²) in [7, 11) is -24.1. The summed E-state index contributed by atoms with van der Waals surface area (Å²) in [5.74, 6) is -0.187. The monoisotopic (exact) mass is 857 g/mol. The van der Waals surface area contributed by atoms with Gasteiger partial charge in [-0.3, -0.25) is 28.0 Å². The highest BCUT2D eigenvalue weighted by Crippen LogP contribution is 2.71. The first kappa shape index (κ1) is 50.5. The minimum absolute atomic E-state index is 0. The maximum atomic E-state index is 12.2. The van der Waals surface area contributed by atoms with Crippen LogP contribution in [0.1, 0.15) is 12.5 Å². The van der Waals surface area contributed by atoms with Gasteiger partial charge in [-0.2, -0.15) is 17.9 Å². The van der Waals surface area contributed by atoms with Crippen LogP contribution in [0.3, 0.4) is 0 Å². The highest BCUT2D eigenvalue weighted by Gasteiger charge is 2.50. The molecule has 0 saturated carbocycles. The molecule has 2 aromatic rings. The standard InChI is InChI=1S/C18H27N5O22P4.4H3N/c19-9-1-3-22(17(29)20-9)15-13(27)11(25)7(41-15)5-39-46(31,32)43-48(35,36)45-49(37,38)44-47(33,34)40-6-8-12(26)14(28)16(42-8)23-4-2-10(24)21-18(23)30;;;;/h1-4,7-8,11-16,25-28H,5-6H2,(H,31,32)(H,33,34)(H,35,36)(H,37,38)(H2,19,20,29)(H,21,24,30);4*1H3/t7-,8-,11-,12-,13-,14-,15-,16-;;;;/m1..../s1. The lowest BCUT2D eigenvalue weighted by Crippen LogP contribution is -2.37. The van der Waals surface area contributed by atoms with Crippen molar-refractivity contribution >= 4 is 37.1 Å². The second kappa shape index (κ2) is 18.9. The Morgan fingerprint density at radius 2 is 1.08 bits per heavy atom. The molecule has 53 heavy (non-hydrogen) atoms. The van der Waals surface area contributed by atoms with Crippen LogP contribution in [-0.4, -0.2) is 109 Å². The predicted octanol–water partition coefficient (Wildman–Crippen LogP) is -3.25. The third-order valence-electron chi connectivity index (χ3n) is 6.35. The normalized spacial score (nSPS) is 29.7. The Bertz CT molecular complexity index is 1910. The first-order valence-corrected chi connectivity index (χ1v) is 18.9. The number of aromatic amines is 1. The molecule has 308 valence electrons. The number of nitrogen functional groups attached to an aromatic ring is 1. The predicted molar refractivity (Wildman–Crippen MR) is 171 cm³/mol. The number of hydrogen-bond acceptors (Lipinski definition) is 24. The molecule has 0 aliphatic carbocycles. The molecule has 2 saturated heterocycles. The molecule has 4 heterocycles. The van der Waals surface area contributed by atoms with Gasteiger partial charge in [0.1, 0.15) is 42.4 Å². The maximum Gasteiger partial charge on any atom is 0.490 e. The van der Waals surface area contributed by atoms with Gasteiger partial charge in [0, 0.05) is 18.5 Å². The van der Waals surface area contributed by atoms with Crippen molar-refractivity contribution in [2.75, 3.05) is 18.9 Å². The quantitative estimate of drug-likeness (QED) is 0.0829. The van der Waals surface area contributed by atoms with Crippen LogP contribution in [0.15, 0.2) is 38.9 Å². The first-order chi connectivity index (χ1) is 22.5. The number of nitrogens with one attached hydrogen (secondary N) is 1. The summed E-state index contributed by atoms with van der Waals surface area (Å²) < 4.78 is 80.7. The summed E-state index contributed by atoms with van der Waals surface area (Å²) in [6.07, 6.45) is -12.3. The van der Waals surface area contributed by atoms with Crippen molar-refractivity contribution in [2.45, 2.75) is 49.1 Å². The maximum absolute atomic E-state index is 12.2. The van der Waals surface area contributed by atoms with Crippen molar-refractivity contribution in [1.82, 2.24) is 43.7 Å². The van der Waals surface area contributed by atoms with Crippen molar-refractivity contribution < 1.29 is 89.7 Å². The van der Waals surface area contributed by atoms with Crippen molar-refractivity contribution in [3.63, 3.8) is 0 Å². The molecule has 2 aromatic heterocycles. The zero-order valence-corrected chi connectivity index (χ0v) is 30.2. The van der Waals surface area contributed by atoms with Gasteiger partial charge in [-0.05, 0) is 6.07 Å². The van der Waals surface area contributed by atoms with Crippen molar-refractivity contribution in [1.29, 1.82) is 0 Å². The van der Waals surface area contributed by atoms with Gasteiger partial charge in [0.15, 0.2) is 12.5 Å². The number of aliphatic hydroxyl groups is 4. The molecule has 31 nitrogen and oxygen atoms in total. The van der Waals surface area contributed by atoms with E-state index in [2.05, 4.69) is 27.0 Å². The Kier molecular flexibility index (Phi) is 18.0. The van der Waals surface area contributed by atoms with Gasteiger partial charge in [0.2, 0.25) is 0 Å². The molecule has 2 aliphatic heterocycles. The van der Waals surface area contributed by atoms with E-state index in [-0.39, 0.29) is 30.4 Å². The topological polar surface area (TPSA) is 551 Å². The van der Waals surface area contributed by atoms with E-state index in [1.165, 1.54) is 0 Å². The summed E-state index contributed by atoms with van der Waals surface area (Å²) in [4.78, 5) is 79.5. The van der Waals surface area contributed by atoms with E-state index in [9.17, 15) is 72.6 Å². The number of ether oxygens (including phenoxy) is 2. The third-order valence-corrected chi connectivity index (χ3v) is 12.3. The van der Waals surface area contributed by atoms with E-state index in [0.29, 0.717) is 9.13 Å². The fraction of sp³-hybridized carbons (Fsp3) is 0.556. The molecule has 0 radical (unpaired) electrons. The van der Waals surface area contributed by atoms with Gasteiger partial charge in [-0.15, -0.1) is 0 Å². The van der Waals surface area contributed by atoms with Crippen LogP contribution < -0.4 is 47.3 Å².